The minimum atomic E-state index is -0.965. The number of carbonyl (C=O) groups is 1. The Balaban J connectivity index is 3.03. The molecule has 0 bridgehead atoms. The van der Waals surface area contributed by atoms with Crippen molar-refractivity contribution in [2.75, 3.05) is 30.5 Å². The molecule has 18 heavy (non-hydrogen) atoms. The van der Waals surface area contributed by atoms with Crippen LogP contribution in [0.15, 0.2) is 24.3 Å². The average molecular weight is 286 g/mol. The SMILES string of the molecule is CSCCN(C)c1c(Cl)cccc1/C=C/C(=O)O. The Morgan fingerprint density at radius 1 is 1.56 bits per heavy atom. The maximum Gasteiger partial charge on any atom is 0.328 e. The molecule has 0 fully saturated rings. The number of carboxylic acid groups (broad SMARTS) is 1. The molecule has 0 heterocycles. The molecule has 3 nitrogen and oxygen atoms in total. The molecule has 0 saturated carbocycles. The molecule has 0 amide bonds. The van der Waals surface area contributed by atoms with Crippen LogP contribution in [-0.2, 0) is 4.79 Å². The van der Waals surface area contributed by atoms with E-state index < -0.39 is 5.97 Å². The molecular formula is C13H16ClNO2S. The molecule has 98 valence electrons. The lowest BCUT2D eigenvalue weighted by Crippen LogP contribution is -2.21. The first-order valence-corrected chi connectivity index (χ1v) is 7.23. The summed E-state index contributed by atoms with van der Waals surface area (Å²) in [6.45, 7) is 0.860. The lowest BCUT2D eigenvalue weighted by molar-refractivity contribution is -0.131. The predicted molar refractivity (Wildman–Crippen MR) is 79.8 cm³/mol. The third-order valence-electron chi connectivity index (χ3n) is 2.44. The Bertz CT molecular complexity index is 449. The Hall–Kier alpha value is -1.13. The number of hydrogen-bond donors (Lipinski definition) is 1. The fourth-order valence-corrected chi connectivity index (χ4v) is 2.35. The van der Waals surface area contributed by atoms with E-state index in [1.54, 1.807) is 17.8 Å². The lowest BCUT2D eigenvalue weighted by atomic mass is 10.1. The topological polar surface area (TPSA) is 40.5 Å². The van der Waals surface area contributed by atoms with Crippen LogP contribution >= 0.6 is 23.4 Å². The summed E-state index contributed by atoms with van der Waals surface area (Å²) in [4.78, 5) is 12.6. The van der Waals surface area contributed by atoms with Gasteiger partial charge in [0.15, 0.2) is 0 Å². The van der Waals surface area contributed by atoms with E-state index in [-0.39, 0.29) is 0 Å². The number of halogens is 1. The zero-order valence-corrected chi connectivity index (χ0v) is 12.0. The Morgan fingerprint density at radius 3 is 2.89 bits per heavy atom. The van der Waals surface area contributed by atoms with Crippen molar-refractivity contribution in [2.24, 2.45) is 0 Å². The van der Waals surface area contributed by atoms with Gasteiger partial charge in [-0.15, -0.1) is 0 Å². The first kappa shape index (κ1) is 14.9. The van der Waals surface area contributed by atoms with Gasteiger partial charge in [-0.05, 0) is 24.0 Å². The third-order valence-corrected chi connectivity index (χ3v) is 3.33. The number of hydrogen-bond acceptors (Lipinski definition) is 3. The summed E-state index contributed by atoms with van der Waals surface area (Å²) < 4.78 is 0. The highest BCUT2D eigenvalue weighted by Crippen LogP contribution is 2.30. The summed E-state index contributed by atoms with van der Waals surface area (Å²) in [5.74, 6) is 0.0248. The average Bonchev–Trinajstić information content (AvgIpc) is 2.33. The molecule has 1 aromatic carbocycles. The molecule has 1 aromatic rings. The molecule has 1 N–H and O–H groups in total. The number of rotatable bonds is 6. The van der Waals surface area contributed by atoms with Gasteiger partial charge in [-0.1, -0.05) is 23.7 Å². The van der Waals surface area contributed by atoms with Gasteiger partial charge in [0.1, 0.15) is 0 Å². The molecule has 0 aromatic heterocycles. The molecule has 0 unspecified atom stereocenters. The van der Waals surface area contributed by atoms with Gasteiger partial charge in [0.2, 0.25) is 0 Å². The van der Waals surface area contributed by atoms with E-state index in [4.69, 9.17) is 16.7 Å². The van der Waals surface area contributed by atoms with Crippen LogP contribution < -0.4 is 4.90 Å². The summed E-state index contributed by atoms with van der Waals surface area (Å²) in [6.07, 6.45) is 4.74. The third kappa shape index (κ3) is 4.27. The van der Waals surface area contributed by atoms with Crippen LogP contribution in [0.5, 0.6) is 0 Å². The van der Waals surface area contributed by atoms with E-state index in [1.807, 2.05) is 36.4 Å². The number of nitrogens with zero attached hydrogens (tertiary/aromatic N) is 1. The molecule has 0 spiro atoms. The van der Waals surface area contributed by atoms with E-state index in [0.29, 0.717) is 5.02 Å². The molecule has 0 aliphatic carbocycles. The van der Waals surface area contributed by atoms with Gasteiger partial charge in [-0.3, -0.25) is 0 Å². The first-order valence-electron chi connectivity index (χ1n) is 5.46. The molecule has 0 atom stereocenters. The van der Waals surface area contributed by atoms with E-state index in [0.717, 1.165) is 29.6 Å². The van der Waals surface area contributed by atoms with Crippen LogP contribution in [0.2, 0.25) is 5.02 Å². The summed E-state index contributed by atoms with van der Waals surface area (Å²) in [5.41, 5.74) is 1.68. The normalized spacial score (nSPS) is 10.8. The summed E-state index contributed by atoms with van der Waals surface area (Å²) in [6, 6.07) is 5.48. The minimum absolute atomic E-state index is 0.631. The van der Waals surface area contributed by atoms with Crippen LogP contribution in [0.3, 0.4) is 0 Å². The molecule has 1 rings (SSSR count). The van der Waals surface area contributed by atoms with E-state index in [1.165, 1.54) is 0 Å². The molecule has 0 aliphatic heterocycles. The van der Waals surface area contributed by atoms with Crippen LogP contribution in [0, 0.1) is 0 Å². The first-order chi connectivity index (χ1) is 8.56. The Labute approximate surface area is 116 Å². The zero-order chi connectivity index (χ0) is 13.5. The predicted octanol–water partition coefficient (Wildman–Crippen LogP) is 3.24. The van der Waals surface area contributed by atoms with Gasteiger partial charge < -0.3 is 10.0 Å². The van der Waals surface area contributed by atoms with Crippen molar-refractivity contribution in [2.45, 2.75) is 0 Å². The second-order valence-corrected chi connectivity index (χ2v) is 5.16. The van der Waals surface area contributed by atoms with E-state index in [9.17, 15) is 4.79 Å². The van der Waals surface area contributed by atoms with Crippen molar-refractivity contribution < 1.29 is 9.90 Å². The molecule has 0 saturated heterocycles. The van der Waals surface area contributed by atoms with Crippen molar-refractivity contribution in [3.05, 3.63) is 34.9 Å². The summed E-state index contributed by atoms with van der Waals surface area (Å²) in [7, 11) is 1.95. The number of carboxylic acids is 1. The second kappa shape index (κ2) is 7.34. The molecule has 0 aliphatic rings. The van der Waals surface area contributed by atoms with Crippen molar-refractivity contribution in [1.29, 1.82) is 0 Å². The number of benzene rings is 1. The Morgan fingerprint density at radius 2 is 2.28 bits per heavy atom. The fourth-order valence-electron chi connectivity index (χ4n) is 1.57. The second-order valence-electron chi connectivity index (χ2n) is 3.76. The number of para-hydroxylation sites is 1. The van der Waals surface area contributed by atoms with Gasteiger partial charge in [0.05, 0.1) is 10.7 Å². The maximum absolute atomic E-state index is 10.6. The van der Waals surface area contributed by atoms with Crippen molar-refractivity contribution in [3.63, 3.8) is 0 Å². The quantitative estimate of drug-likeness (QED) is 0.815. The number of anilines is 1. The van der Waals surface area contributed by atoms with Crippen LogP contribution in [0.1, 0.15) is 5.56 Å². The zero-order valence-electron chi connectivity index (χ0n) is 10.4. The van der Waals surface area contributed by atoms with Gasteiger partial charge in [0.25, 0.3) is 0 Å². The highest BCUT2D eigenvalue weighted by atomic mass is 35.5. The van der Waals surface area contributed by atoms with Crippen molar-refractivity contribution in [1.82, 2.24) is 0 Å². The number of aliphatic carboxylic acids is 1. The molecule has 0 radical (unpaired) electrons. The standard InChI is InChI=1S/C13H16ClNO2S/c1-15(8-9-18-2)13-10(6-7-12(16)17)4-3-5-11(13)14/h3-7H,8-9H2,1-2H3,(H,16,17)/b7-6+. The van der Waals surface area contributed by atoms with Crippen LogP contribution in [-0.4, -0.2) is 36.7 Å². The lowest BCUT2D eigenvalue weighted by Gasteiger charge is -2.22. The highest BCUT2D eigenvalue weighted by Gasteiger charge is 2.09. The Kier molecular flexibility index (Phi) is 6.09. The van der Waals surface area contributed by atoms with E-state index in [2.05, 4.69) is 0 Å². The molecular weight excluding hydrogens is 270 g/mol. The number of thioether (sulfide) groups is 1. The van der Waals surface area contributed by atoms with Gasteiger partial charge in [-0.2, -0.15) is 11.8 Å². The smallest absolute Gasteiger partial charge is 0.328 e. The highest BCUT2D eigenvalue weighted by molar-refractivity contribution is 7.98. The summed E-state index contributed by atoms with van der Waals surface area (Å²) >= 11 is 7.95. The molecule has 5 heteroatoms. The van der Waals surface area contributed by atoms with Gasteiger partial charge >= 0.3 is 5.97 Å². The largest absolute Gasteiger partial charge is 0.478 e. The minimum Gasteiger partial charge on any atom is -0.478 e. The van der Waals surface area contributed by atoms with Gasteiger partial charge in [-0.25, -0.2) is 4.79 Å². The van der Waals surface area contributed by atoms with Crippen molar-refractivity contribution in [3.8, 4) is 0 Å². The van der Waals surface area contributed by atoms with Crippen LogP contribution in [0.25, 0.3) is 6.08 Å². The fraction of sp³-hybridized carbons (Fsp3) is 0.308. The van der Waals surface area contributed by atoms with Gasteiger partial charge in [0, 0.05) is 25.4 Å². The van der Waals surface area contributed by atoms with Crippen molar-refractivity contribution >= 4 is 41.1 Å². The maximum atomic E-state index is 10.6. The van der Waals surface area contributed by atoms with E-state index >= 15 is 0 Å². The summed E-state index contributed by atoms with van der Waals surface area (Å²) in [5, 5.41) is 9.31. The monoisotopic (exact) mass is 285 g/mol. The van der Waals surface area contributed by atoms with Crippen LogP contribution in [0.4, 0.5) is 5.69 Å².